The Kier molecular flexibility index (Phi) is 2.85. The number of primary amides is 1. The predicted octanol–water partition coefficient (Wildman–Crippen LogP) is 2.05. The zero-order chi connectivity index (χ0) is 15.1. The second-order valence-corrected chi connectivity index (χ2v) is 5.45. The number of furan rings is 1. The van der Waals surface area contributed by atoms with Crippen molar-refractivity contribution >= 4 is 17.4 Å². The Balaban J connectivity index is 1.76. The summed E-state index contributed by atoms with van der Waals surface area (Å²) in [4.78, 5) is 20.0. The largest absolute Gasteiger partial charge is 0.458 e. The lowest BCUT2D eigenvalue weighted by Gasteiger charge is -2.27. The molecule has 3 aromatic rings. The van der Waals surface area contributed by atoms with Gasteiger partial charge in [0.05, 0.1) is 11.9 Å². The molecule has 0 radical (unpaired) electrons. The van der Waals surface area contributed by atoms with Crippen molar-refractivity contribution in [2.75, 3.05) is 5.32 Å². The maximum absolute atomic E-state index is 11.2. The molecule has 3 heterocycles. The molecular formula is C15H15N5O2. The van der Waals surface area contributed by atoms with Crippen LogP contribution in [-0.2, 0) is 0 Å². The number of carbonyl (C=O) groups is 1. The lowest BCUT2D eigenvalue weighted by molar-refractivity contribution is 0.0974. The Labute approximate surface area is 126 Å². The number of carbonyl (C=O) groups excluding carboxylic acids is 1. The van der Waals surface area contributed by atoms with Crippen LogP contribution in [0, 0.1) is 0 Å². The molecule has 7 nitrogen and oxygen atoms in total. The monoisotopic (exact) mass is 297 g/mol. The van der Waals surface area contributed by atoms with Gasteiger partial charge in [-0.25, -0.2) is 9.97 Å². The fraction of sp³-hybridized carbons (Fsp3) is 0.267. The van der Waals surface area contributed by atoms with Gasteiger partial charge in [0.2, 0.25) is 0 Å². The zero-order valence-electron chi connectivity index (χ0n) is 11.8. The van der Waals surface area contributed by atoms with Crippen LogP contribution in [0.1, 0.15) is 29.8 Å². The average molecular weight is 297 g/mol. The molecule has 0 aromatic carbocycles. The quantitative estimate of drug-likeness (QED) is 0.768. The molecule has 1 fully saturated rings. The van der Waals surface area contributed by atoms with Gasteiger partial charge in [-0.1, -0.05) is 0 Å². The van der Waals surface area contributed by atoms with Gasteiger partial charge in [-0.2, -0.15) is 0 Å². The molecule has 3 aromatic heterocycles. The number of fused-ring (bicyclic) bond motifs is 1. The third-order valence-corrected chi connectivity index (χ3v) is 4.01. The topological polar surface area (TPSA) is 98.5 Å². The van der Waals surface area contributed by atoms with Gasteiger partial charge in [0.15, 0.2) is 17.2 Å². The second-order valence-electron chi connectivity index (χ2n) is 5.45. The van der Waals surface area contributed by atoms with Gasteiger partial charge in [-0.05, 0) is 25.3 Å². The van der Waals surface area contributed by atoms with Gasteiger partial charge in [0.1, 0.15) is 6.26 Å². The highest BCUT2D eigenvalue weighted by Crippen LogP contribution is 2.28. The highest BCUT2D eigenvalue weighted by Gasteiger charge is 2.20. The van der Waals surface area contributed by atoms with Crippen molar-refractivity contribution < 1.29 is 9.21 Å². The minimum absolute atomic E-state index is 0.125. The first-order chi connectivity index (χ1) is 10.7. The molecule has 1 saturated carbocycles. The number of anilines is 1. The van der Waals surface area contributed by atoms with Gasteiger partial charge in [-0.3, -0.25) is 9.20 Å². The fourth-order valence-corrected chi connectivity index (χ4v) is 2.58. The molecule has 0 saturated heterocycles. The highest BCUT2D eigenvalue weighted by atomic mass is 16.3. The molecule has 0 unspecified atom stereocenters. The minimum Gasteiger partial charge on any atom is -0.458 e. The summed E-state index contributed by atoms with van der Waals surface area (Å²) in [6.07, 6.45) is 10.4. The van der Waals surface area contributed by atoms with Crippen molar-refractivity contribution in [3.05, 3.63) is 36.7 Å². The Hall–Kier alpha value is -2.83. The fourth-order valence-electron chi connectivity index (χ4n) is 2.58. The summed E-state index contributed by atoms with van der Waals surface area (Å²) in [6.45, 7) is 0. The summed E-state index contributed by atoms with van der Waals surface area (Å²) in [5.41, 5.74) is 7.51. The number of amides is 1. The normalized spacial score (nSPS) is 14.9. The van der Waals surface area contributed by atoms with Crippen LogP contribution in [0.5, 0.6) is 0 Å². The molecule has 7 heteroatoms. The minimum atomic E-state index is -0.593. The first-order valence-corrected chi connectivity index (χ1v) is 7.19. The Bertz CT molecular complexity index is 847. The Morgan fingerprint density at radius 1 is 1.41 bits per heavy atom. The lowest BCUT2D eigenvalue weighted by atomic mass is 9.93. The van der Waals surface area contributed by atoms with Gasteiger partial charge in [0.25, 0.3) is 5.91 Å². The summed E-state index contributed by atoms with van der Waals surface area (Å²) < 4.78 is 7.10. The predicted molar refractivity (Wildman–Crippen MR) is 80.5 cm³/mol. The van der Waals surface area contributed by atoms with E-state index in [0.717, 1.165) is 22.7 Å². The molecule has 22 heavy (non-hydrogen) atoms. The van der Waals surface area contributed by atoms with E-state index in [-0.39, 0.29) is 5.76 Å². The number of hydrogen-bond donors (Lipinski definition) is 2. The third-order valence-electron chi connectivity index (χ3n) is 4.01. The number of hydrogen-bond acceptors (Lipinski definition) is 5. The van der Waals surface area contributed by atoms with Crippen LogP contribution in [0.25, 0.3) is 16.9 Å². The number of nitrogens with two attached hydrogens (primary N) is 1. The first-order valence-electron chi connectivity index (χ1n) is 7.19. The van der Waals surface area contributed by atoms with E-state index in [2.05, 4.69) is 15.3 Å². The van der Waals surface area contributed by atoms with E-state index in [0.29, 0.717) is 6.04 Å². The van der Waals surface area contributed by atoms with E-state index >= 15 is 0 Å². The van der Waals surface area contributed by atoms with Crippen molar-refractivity contribution in [1.82, 2.24) is 14.4 Å². The summed E-state index contributed by atoms with van der Waals surface area (Å²) in [6, 6.07) is 2.09. The molecule has 4 rings (SSSR count). The van der Waals surface area contributed by atoms with Gasteiger partial charge < -0.3 is 15.5 Å². The summed E-state index contributed by atoms with van der Waals surface area (Å²) in [5.74, 6) is 0.307. The molecule has 1 aliphatic carbocycles. The summed E-state index contributed by atoms with van der Waals surface area (Å²) >= 11 is 0. The highest BCUT2D eigenvalue weighted by molar-refractivity contribution is 5.91. The van der Waals surface area contributed by atoms with Crippen molar-refractivity contribution in [2.45, 2.75) is 25.3 Å². The Morgan fingerprint density at radius 3 is 2.95 bits per heavy atom. The van der Waals surface area contributed by atoms with Crippen LogP contribution in [-0.4, -0.2) is 26.3 Å². The van der Waals surface area contributed by atoms with Crippen molar-refractivity contribution in [3.8, 4) is 11.3 Å². The molecule has 1 aliphatic rings. The summed E-state index contributed by atoms with van der Waals surface area (Å²) in [7, 11) is 0. The van der Waals surface area contributed by atoms with Crippen molar-refractivity contribution in [1.29, 1.82) is 0 Å². The SMILES string of the molecule is NC(=O)c1cc(-c2cnc(NC3CCC3)c3nccn23)co1. The molecule has 0 bridgehead atoms. The first kappa shape index (κ1) is 12.9. The van der Waals surface area contributed by atoms with Crippen LogP contribution >= 0.6 is 0 Å². The van der Waals surface area contributed by atoms with E-state index < -0.39 is 5.91 Å². The van der Waals surface area contributed by atoms with Gasteiger partial charge in [0, 0.05) is 24.0 Å². The van der Waals surface area contributed by atoms with E-state index in [1.165, 1.54) is 25.5 Å². The summed E-state index contributed by atoms with van der Waals surface area (Å²) in [5, 5.41) is 3.42. The van der Waals surface area contributed by atoms with Crippen LogP contribution in [0.15, 0.2) is 35.3 Å². The van der Waals surface area contributed by atoms with E-state index in [1.807, 2.05) is 10.6 Å². The van der Waals surface area contributed by atoms with Crippen molar-refractivity contribution in [3.63, 3.8) is 0 Å². The molecule has 0 aliphatic heterocycles. The van der Waals surface area contributed by atoms with E-state index in [4.69, 9.17) is 10.2 Å². The molecule has 3 N–H and O–H groups in total. The lowest BCUT2D eigenvalue weighted by Crippen LogP contribution is -2.27. The van der Waals surface area contributed by atoms with Gasteiger partial charge in [-0.15, -0.1) is 0 Å². The maximum Gasteiger partial charge on any atom is 0.284 e. The third kappa shape index (κ3) is 2.02. The molecule has 1 amide bonds. The van der Waals surface area contributed by atoms with Crippen molar-refractivity contribution in [2.24, 2.45) is 5.73 Å². The number of nitrogens with one attached hydrogen (secondary N) is 1. The number of aromatic nitrogens is 3. The zero-order valence-corrected chi connectivity index (χ0v) is 11.8. The average Bonchev–Trinajstić information content (AvgIpc) is 3.11. The van der Waals surface area contributed by atoms with E-state index in [1.54, 1.807) is 18.5 Å². The Morgan fingerprint density at radius 2 is 2.27 bits per heavy atom. The standard InChI is InChI=1S/C15H15N5O2/c16-13(21)12-6-9(8-22-12)11-7-18-14(19-10-2-1-3-10)15-17-4-5-20(11)15/h4-8,10H,1-3H2,(H2,16,21)(H,18,19). The maximum atomic E-state index is 11.2. The van der Waals surface area contributed by atoms with Crippen LogP contribution in [0.3, 0.4) is 0 Å². The van der Waals surface area contributed by atoms with Crippen LogP contribution in [0.4, 0.5) is 5.82 Å². The number of nitrogens with zero attached hydrogens (tertiary/aromatic N) is 3. The smallest absolute Gasteiger partial charge is 0.284 e. The van der Waals surface area contributed by atoms with Crippen LogP contribution in [0.2, 0.25) is 0 Å². The van der Waals surface area contributed by atoms with Crippen LogP contribution < -0.4 is 11.1 Å². The van der Waals surface area contributed by atoms with E-state index in [9.17, 15) is 4.79 Å². The second kappa shape index (κ2) is 4.87. The molecule has 0 spiro atoms. The van der Waals surface area contributed by atoms with Gasteiger partial charge >= 0.3 is 0 Å². The number of imidazole rings is 1. The molecule has 0 atom stereocenters. The number of rotatable bonds is 4. The molecular weight excluding hydrogens is 282 g/mol. The molecule has 112 valence electrons.